The summed E-state index contributed by atoms with van der Waals surface area (Å²) in [7, 11) is 0. The van der Waals surface area contributed by atoms with Crippen molar-refractivity contribution in [1.82, 2.24) is 10.2 Å². The molecule has 2 amide bonds. The summed E-state index contributed by atoms with van der Waals surface area (Å²) in [5.74, 6) is -0.0434. The average molecular weight is 370 g/mol. The van der Waals surface area contributed by atoms with E-state index in [1.807, 2.05) is 46.7 Å². The maximum atomic E-state index is 12.4. The van der Waals surface area contributed by atoms with Gasteiger partial charge < -0.3 is 10.2 Å². The van der Waals surface area contributed by atoms with Crippen molar-refractivity contribution in [2.24, 2.45) is 0 Å². The number of thiophene rings is 1. The van der Waals surface area contributed by atoms with Gasteiger partial charge in [-0.05, 0) is 36.4 Å². The molecule has 26 heavy (non-hydrogen) atoms. The number of hydrogen-bond acceptors (Lipinski definition) is 4. The van der Waals surface area contributed by atoms with E-state index < -0.39 is 0 Å². The third-order valence-electron chi connectivity index (χ3n) is 4.54. The molecule has 0 bridgehead atoms. The number of benzene rings is 1. The Morgan fingerprint density at radius 3 is 2.38 bits per heavy atom. The Morgan fingerprint density at radius 2 is 1.73 bits per heavy atom. The van der Waals surface area contributed by atoms with Crippen molar-refractivity contribution in [3.05, 3.63) is 58.3 Å². The fraction of sp³-hybridized carbons (Fsp3) is 0.350. The van der Waals surface area contributed by atoms with Gasteiger partial charge in [-0.2, -0.15) is 0 Å². The summed E-state index contributed by atoms with van der Waals surface area (Å²) < 4.78 is 0. The summed E-state index contributed by atoms with van der Waals surface area (Å²) in [4.78, 5) is 39.0. The molecular formula is C20H22N2O3S. The van der Waals surface area contributed by atoms with Gasteiger partial charge in [0.1, 0.15) is 0 Å². The lowest BCUT2D eigenvalue weighted by atomic mass is 10.0. The SMILES string of the molecule is O=C(CCC(=O)c1cccs1)NC1CCN(C(=O)c2ccccc2)CC1. The quantitative estimate of drug-likeness (QED) is 0.795. The van der Waals surface area contributed by atoms with Gasteiger partial charge in [-0.15, -0.1) is 11.3 Å². The van der Waals surface area contributed by atoms with Crippen molar-refractivity contribution in [3.63, 3.8) is 0 Å². The van der Waals surface area contributed by atoms with Crippen LogP contribution in [0.1, 0.15) is 45.7 Å². The van der Waals surface area contributed by atoms with Gasteiger partial charge in [0.05, 0.1) is 4.88 Å². The van der Waals surface area contributed by atoms with Crippen molar-refractivity contribution >= 4 is 28.9 Å². The van der Waals surface area contributed by atoms with Crippen LogP contribution in [0, 0.1) is 0 Å². The normalized spacial score (nSPS) is 14.8. The van der Waals surface area contributed by atoms with Gasteiger partial charge in [-0.3, -0.25) is 14.4 Å². The van der Waals surface area contributed by atoms with E-state index in [1.54, 1.807) is 6.07 Å². The number of amides is 2. The maximum Gasteiger partial charge on any atom is 0.253 e. The highest BCUT2D eigenvalue weighted by atomic mass is 32.1. The lowest BCUT2D eigenvalue weighted by molar-refractivity contribution is -0.122. The fourth-order valence-electron chi connectivity index (χ4n) is 3.08. The average Bonchev–Trinajstić information content (AvgIpc) is 3.22. The molecule has 0 radical (unpaired) electrons. The second kappa shape index (κ2) is 8.76. The largest absolute Gasteiger partial charge is 0.353 e. The van der Waals surface area contributed by atoms with Crippen LogP contribution in [0.15, 0.2) is 47.8 Å². The Bertz CT molecular complexity index is 751. The van der Waals surface area contributed by atoms with Crippen molar-refractivity contribution in [3.8, 4) is 0 Å². The van der Waals surface area contributed by atoms with E-state index in [1.165, 1.54) is 11.3 Å². The number of carbonyl (C=O) groups excluding carboxylic acids is 3. The minimum atomic E-state index is -0.0947. The number of likely N-dealkylation sites (tertiary alicyclic amines) is 1. The smallest absolute Gasteiger partial charge is 0.253 e. The lowest BCUT2D eigenvalue weighted by Gasteiger charge is -2.32. The van der Waals surface area contributed by atoms with E-state index in [2.05, 4.69) is 5.32 Å². The predicted octanol–water partition coefficient (Wildman–Crippen LogP) is 3.13. The number of hydrogen-bond donors (Lipinski definition) is 1. The van der Waals surface area contributed by atoms with E-state index in [0.717, 1.165) is 12.8 Å². The van der Waals surface area contributed by atoms with Crippen LogP contribution < -0.4 is 5.32 Å². The molecule has 0 aliphatic carbocycles. The summed E-state index contributed by atoms with van der Waals surface area (Å²) in [5, 5.41) is 4.85. The zero-order valence-corrected chi connectivity index (χ0v) is 15.3. The molecule has 1 aromatic heterocycles. The Labute approximate surface area is 157 Å². The van der Waals surface area contributed by atoms with Crippen LogP contribution in [0.3, 0.4) is 0 Å². The molecule has 1 fully saturated rings. The van der Waals surface area contributed by atoms with Gasteiger partial charge in [0.2, 0.25) is 5.91 Å². The number of rotatable bonds is 6. The molecule has 1 aromatic carbocycles. The van der Waals surface area contributed by atoms with E-state index in [9.17, 15) is 14.4 Å². The molecule has 6 heteroatoms. The summed E-state index contributed by atoms with van der Waals surface area (Å²) in [6.07, 6.45) is 1.92. The Hall–Kier alpha value is -2.47. The summed E-state index contributed by atoms with van der Waals surface area (Å²) in [6.45, 7) is 1.26. The highest BCUT2D eigenvalue weighted by Crippen LogP contribution is 2.15. The molecule has 1 aliphatic rings. The fourth-order valence-corrected chi connectivity index (χ4v) is 3.77. The van der Waals surface area contributed by atoms with E-state index >= 15 is 0 Å². The Kier molecular flexibility index (Phi) is 6.17. The van der Waals surface area contributed by atoms with Crippen LogP contribution in [-0.4, -0.2) is 41.6 Å². The standard InChI is InChI=1S/C20H22N2O3S/c23-17(18-7-4-14-26-18)8-9-19(24)21-16-10-12-22(13-11-16)20(25)15-5-2-1-3-6-15/h1-7,14,16H,8-13H2,(H,21,24). The molecule has 2 heterocycles. The lowest BCUT2D eigenvalue weighted by Crippen LogP contribution is -2.46. The molecule has 0 spiro atoms. The molecule has 1 aliphatic heterocycles. The molecule has 1 N–H and O–H groups in total. The van der Waals surface area contributed by atoms with Crippen LogP contribution in [0.4, 0.5) is 0 Å². The number of ketones is 1. The zero-order chi connectivity index (χ0) is 18.4. The number of nitrogens with zero attached hydrogens (tertiary/aromatic N) is 1. The van der Waals surface area contributed by atoms with Gasteiger partial charge in [0, 0.05) is 37.5 Å². The van der Waals surface area contributed by atoms with Crippen LogP contribution >= 0.6 is 11.3 Å². The Balaban J connectivity index is 1.40. The molecular weight excluding hydrogens is 348 g/mol. The van der Waals surface area contributed by atoms with Crippen LogP contribution in [0.5, 0.6) is 0 Å². The number of Topliss-reactive ketones (excluding diaryl/α,β-unsaturated/α-hetero) is 1. The molecule has 0 atom stereocenters. The topological polar surface area (TPSA) is 66.5 Å². The van der Waals surface area contributed by atoms with E-state index in [4.69, 9.17) is 0 Å². The summed E-state index contributed by atoms with van der Waals surface area (Å²) in [6, 6.07) is 12.9. The first-order valence-corrected chi connectivity index (χ1v) is 9.72. The second-order valence-electron chi connectivity index (χ2n) is 6.40. The molecule has 3 rings (SSSR count). The third-order valence-corrected chi connectivity index (χ3v) is 5.45. The van der Waals surface area contributed by atoms with Crippen molar-refractivity contribution in [2.45, 2.75) is 31.7 Å². The van der Waals surface area contributed by atoms with Crippen LogP contribution in [0.2, 0.25) is 0 Å². The zero-order valence-electron chi connectivity index (χ0n) is 14.5. The van der Waals surface area contributed by atoms with Gasteiger partial charge in [-0.25, -0.2) is 0 Å². The molecule has 136 valence electrons. The molecule has 0 saturated carbocycles. The van der Waals surface area contributed by atoms with Gasteiger partial charge in [0.25, 0.3) is 5.91 Å². The summed E-state index contributed by atoms with van der Waals surface area (Å²) >= 11 is 1.40. The number of nitrogens with one attached hydrogen (secondary N) is 1. The molecule has 0 unspecified atom stereocenters. The third kappa shape index (κ3) is 4.79. The first-order chi connectivity index (χ1) is 12.6. The minimum Gasteiger partial charge on any atom is -0.353 e. The van der Waals surface area contributed by atoms with Crippen molar-refractivity contribution in [2.75, 3.05) is 13.1 Å². The molecule has 2 aromatic rings. The monoisotopic (exact) mass is 370 g/mol. The van der Waals surface area contributed by atoms with Gasteiger partial charge in [-0.1, -0.05) is 24.3 Å². The van der Waals surface area contributed by atoms with E-state index in [-0.39, 0.29) is 36.5 Å². The van der Waals surface area contributed by atoms with E-state index in [0.29, 0.717) is 23.5 Å². The second-order valence-corrected chi connectivity index (χ2v) is 7.35. The highest BCUT2D eigenvalue weighted by molar-refractivity contribution is 7.12. The maximum absolute atomic E-state index is 12.4. The van der Waals surface area contributed by atoms with Gasteiger partial charge >= 0.3 is 0 Å². The first kappa shape index (κ1) is 18.3. The number of piperidine rings is 1. The highest BCUT2D eigenvalue weighted by Gasteiger charge is 2.24. The van der Waals surface area contributed by atoms with Crippen LogP contribution in [-0.2, 0) is 4.79 Å². The Morgan fingerprint density at radius 1 is 1.00 bits per heavy atom. The molecule has 1 saturated heterocycles. The summed E-state index contributed by atoms with van der Waals surface area (Å²) in [5.41, 5.74) is 0.696. The van der Waals surface area contributed by atoms with Crippen molar-refractivity contribution in [1.29, 1.82) is 0 Å². The first-order valence-electron chi connectivity index (χ1n) is 8.84. The molecule has 5 nitrogen and oxygen atoms in total. The minimum absolute atomic E-state index is 0.0124. The van der Waals surface area contributed by atoms with Crippen LogP contribution in [0.25, 0.3) is 0 Å². The number of carbonyl (C=O) groups is 3. The predicted molar refractivity (Wildman–Crippen MR) is 101 cm³/mol. The van der Waals surface area contributed by atoms with Gasteiger partial charge in [0.15, 0.2) is 5.78 Å². The van der Waals surface area contributed by atoms with Crippen molar-refractivity contribution < 1.29 is 14.4 Å².